The average molecular weight is 341 g/mol. The minimum Gasteiger partial charge on any atom is -0.491 e. The molecule has 0 bridgehead atoms. The highest BCUT2D eigenvalue weighted by atomic mass is 16.5. The van der Waals surface area contributed by atoms with Gasteiger partial charge in [-0.2, -0.15) is 0 Å². The van der Waals surface area contributed by atoms with Crippen LogP contribution < -0.4 is 14.8 Å². The van der Waals surface area contributed by atoms with E-state index >= 15 is 0 Å². The van der Waals surface area contributed by atoms with Gasteiger partial charge in [-0.25, -0.2) is 0 Å². The number of aryl methyl sites for hydroxylation is 3. The van der Waals surface area contributed by atoms with Crippen molar-refractivity contribution >= 4 is 5.91 Å². The minimum absolute atomic E-state index is 0.116. The molecule has 2 aromatic rings. The second kappa shape index (κ2) is 9.11. The molecular formula is C21H27NO3. The van der Waals surface area contributed by atoms with Crippen LogP contribution in [0.4, 0.5) is 0 Å². The fourth-order valence-electron chi connectivity index (χ4n) is 2.57. The Morgan fingerprint density at radius 1 is 1.04 bits per heavy atom. The maximum Gasteiger partial charge on any atom is 0.261 e. The Morgan fingerprint density at radius 2 is 1.80 bits per heavy atom. The third-order valence-electron chi connectivity index (χ3n) is 4.02. The van der Waals surface area contributed by atoms with Gasteiger partial charge in [0.05, 0.1) is 6.54 Å². The summed E-state index contributed by atoms with van der Waals surface area (Å²) >= 11 is 0. The highest BCUT2D eigenvalue weighted by molar-refractivity contribution is 5.81. The van der Waals surface area contributed by atoms with Crippen LogP contribution in [0.3, 0.4) is 0 Å². The standard InChI is InChI=1S/C21H27NO3/c1-5-18(25-20-9-7-6-8-16(20)3)21(23)22-12-13-24-19-11-10-15(2)14-17(19)4/h6-11,14,18H,5,12-13H2,1-4H3,(H,22,23)/t18-/m1/s1. The molecular weight excluding hydrogens is 314 g/mol. The Balaban J connectivity index is 1.81. The predicted octanol–water partition coefficient (Wildman–Crippen LogP) is 3.96. The van der Waals surface area contributed by atoms with Crippen molar-refractivity contribution in [3.05, 3.63) is 59.2 Å². The lowest BCUT2D eigenvalue weighted by atomic mass is 10.1. The zero-order chi connectivity index (χ0) is 18.2. The monoisotopic (exact) mass is 341 g/mol. The van der Waals surface area contributed by atoms with Gasteiger partial charge in [0.1, 0.15) is 18.1 Å². The van der Waals surface area contributed by atoms with Crippen molar-refractivity contribution in [2.24, 2.45) is 0 Å². The molecule has 25 heavy (non-hydrogen) atoms. The van der Waals surface area contributed by atoms with Crippen LogP contribution in [-0.4, -0.2) is 25.2 Å². The summed E-state index contributed by atoms with van der Waals surface area (Å²) < 4.78 is 11.6. The molecule has 0 heterocycles. The number of para-hydroxylation sites is 1. The SMILES string of the molecule is CC[C@@H](Oc1ccccc1C)C(=O)NCCOc1ccc(C)cc1C. The van der Waals surface area contributed by atoms with Crippen LogP contribution in [0.2, 0.25) is 0 Å². The van der Waals surface area contributed by atoms with Gasteiger partial charge in [-0.1, -0.05) is 42.8 Å². The molecule has 0 unspecified atom stereocenters. The maximum atomic E-state index is 12.3. The number of hydrogen-bond acceptors (Lipinski definition) is 3. The molecule has 0 radical (unpaired) electrons. The summed E-state index contributed by atoms with van der Waals surface area (Å²) in [6.45, 7) is 8.85. The van der Waals surface area contributed by atoms with Crippen molar-refractivity contribution in [3.8, 4) is 11.5 Å². The smallest absolute Gasteiger partial charge is 0.261 e. The molecule has 1 amide bonds. The van der Waals surface area contributed by atoms with E-state index in [2.05, 4.69) is 18.3 Å². The molecule has 2 rings (SSSR count). The van der Waals surface area contributed by atoms with Gasteiger partial charge in [0.2, 0.25) is 0 Å². The number of nitrogens with one attached hydrogen (secondary N) is 1. The van der Waals surface area contributed by atoms with E-state index in [4.69, 9.17) is 9.47 Å². The molecule has 4 heteroatoms. The van der Waals surface area contributed by atoms with Gasteiger partial charge >= 0.3 is 0 Å². The molecule has 0 aliphatic rings. The number of rotatable bonds is 8. The molecule has 134 valence electrons. The van der Waals surface area contributed by atoms with Crippen LogP contribution in [0, 0.1) is 20.8 Å². The zero-order valence-corrected chi connectivity index (χ0v) is 15.5. The highest BCUT2D eigenvalue weighted by Crippen LogP contribution is 2.19. The van der Waals surface area contributed by atoms with Crippen molar-refractivity contribution < 1.29 is 14.3 Å². The highest BCUT2D eigenvalue weighted by Gasteiger charge is 2.18. The lowest BCUT2D eigenvalue weighted by molar-refractivity contribution is -0.128. The maximum absolute atomic E-state index is 12.3. The van der Waals surface area contributed by atoms with Crippen LogP contribution in [0.5, 0.6) is 11.5 Å². The van der Waals surface area contributed by atoms with Gasteiger partial charge in [0, 0.05) is 0 Å². The molecule has 4 nitrogen and oxygen atoms in total. The summed E-state index contributed by atoms with van der Waals surface area (Å²) in [5.41, 5.74) is 3.32. The Bertz CT molecular complexity index is 712. The first-order valence-corrected chi connectivity index (χ1v) is 8.71. The molecule has 0 aromatic heterocycles. The van der Waals surface area contributed by atoms with E-state index in [-0.39, 0.29) is 5.91 Å². The molecule has 1 N–H and O–H groups in total. The summed E-state index contributed by atoms with van der Waals surface area (Å²) in [6, 6.07) is 13.8. The Labute approximate surface area is 150 Å². The molecule has 0 saturated heterocycles. The molecule has 0 aliphatic carbocycles. The summed E-state index contributed by atoms with van der Waals surface area (Å²) in [7, 11) is 0. The number of hydrogen-bond donors (Lipinski definition) is 1. The largest absolute Gasteiger partial charge is 0.491 e. The van der Waals surface area contributed by atoms with E-state index in [1.165, 1.54) is 5.56 Å². The normalized spacial score (nSPS) is 11.7. The van der Waals surface area contributed by atoms with Crippen LogP contribution in [0.25, 0.3) is 0 Å². The summed E-state index contributed by atoms with van der Waals surface area (Å²) in [4.78, 5) is 12.3. The fourth-order valence-corrected chi connectivity index (χ4v) is 2.57. The van der Waals surface area contributed by atoms with Crippen LogP contribution in [0.1, 0.15) is 30.0 Å². The van der Waals surface area contributed by atoms with E-state index in [9.17, 15) is 4.79 Å². The van der Waals surface area contributed by atoms with Gasteiger partial charge in [-0.3, -0.25) is 4.79 Å². The van der Waals surface area contributed by atoms with Crippen molar-refractivity contribution in [2.75, 3.05) is 13.2 Å². The first-order chi connectivity index (χ1) is 12.0. The summed E-state index contributed by atoms with van der Waals surface area (Å²) in [6.07, 6.45) is 0.111. The Kier molecular flexibility index (Phi) is 6.87. The van der Waals surface area contributed by atoms with E-state index in [1.54, 1.807) is 0 Å². The van der Waals surface area contributed by atoms with Crippen molar-refractivity contribution in [1.29, 1.82) is 0 Å². The third kappa shape index (κ3) is 5.52. The second-order valence-corrected chi connectivity index (χ2v) is 6.19. The minimum atomic E-state index is -0.498. The number of benzene rings is 2. The van der Waals surface area contributed by atoms with E-state index < -0.39 is 6.10 Å². The van der Waals surface area contributed by atoms with Gasteiger partial charge in [-0.05, 0) is 50.5 Å². The molecule has 1 atom stereocenters. The number of carbonyl (C=O) groups excluding carboxylic acids is 1. The van der Waals surface area contributed by atoms with E-state index in [1.807, 2.05) is 57.2 Å². The van der Waals surface area contributed by atoms with Crippen molar-refractivity contribution in [3.63, 3.8) is 0 Å². The summed E-state index contributed by atoms with van der Waals surface area (Å²) in [5.74, 6) is 1.48. The quantitative estimate of drug-likeness (QED) is 0.739. The predicted molar refractivity (Wildman–Crippen MR) is 100 cm³/mol. The molecule has 0 saturated carbocycles. The van der Waals surface area contributed by atoms with Gasteiger partial charge in [0.25, 0.3) is 5.91 Å². The number of amides is 1. The van der Waals surface area contributed by atoms with Gasteiger partial charge in [0.15, 0.2) is 6.10 Å². The number of ether oxygens (including phenoxy) is 2. The third-order valence-corrected chi connectivity index (χ3v) is 4.02. The molecule has 0 fully saturated rings. The lowest BCUT2D eigenvalue weighted by Gasteiger charge is -2.18. The number of carbonyl (C=O) groups is 1. The molecule has 2 aromatic carbocycles. The summed E-state index contributed by atoms with van der Waals surface area (Å²) in [5, 5.41) is 2.89. The van der Waals surface area contributed by atoms with Crippen LogP contribution in [-0.2, 0) is 4.79 Å². The fraction of sp³-hybridized carbons (Fsp3) is 0.381. The zero-order valence-electron chi connectivity index (χ0n) is 15.5. The first kappa shape index (κ1) is 18.8. The Morgan fingerprint density at radius 3 is 2.48 bits per heavy atom. The average Bonchev–Trinajstić information content (AvgIpc) is 2.59. The van der Waals surface area contributed by atoms with Crippen molar-refractivity contribution in [1.82, 2.24) is 5.32 Å². The van der Waals surface area contributed by atoms with Crippen molar-refractivity contribution in [2.45, 2.75) is 40.2 Å². The second-order valence-electron chi connectivity index (χ2n) is 6.19. The Hall–Kier alpha value is -2.49. The van der Waals surface area contributed by atoms with Crippen LogP contribution >= 0.6 is 0 Å². The first-order valence-electron chi connectivity index (χ1n) is 8.71. The van der Waals surface area contributed by atoms with E-state index in [0.29, 0.717) is 19.6 Å². The lowest BCUT2D eigenvalue weighted by Crippen LogP contribution is -2.39. The van der Waals surface area contributed by atoms with Gasteiger partial charge < -0.3 is 14.8 Å². The van der Waals surface area contributed by atoms with E-state index in [0.717, 1.165) is 22.6 Å². The molecule has 0 spiro atoms. The van der Waals surface area contributed by atoms with Gasteiger partial charge in [-0.15, -0.1) is 0 Å². The molecule has 0 aliphatic heterocycles. The topological polar surface area (TPSA) is 47.6 Å². The van der Waals surface area contributed by atoms with Crippen LogP contribution in [0.15, 0.2) is 42.5 Å².